The number of ether oxygens (including phenoxy) is 4. The molecule has 0 aliphatic heterocycles. The Morgan fingerprint density at radius 1 is 0.667 bits per heavy atom. The van der Waals surface area contributed by atoms with Crippen molar-refractivity contribution in [2.24, 2.45) is 0 Å². The molecule has 2 N–H and O–H groups in total. The highest BCUT2D eigenvalue weighted by atomic mass is 19.4. The van der Waals surface area contributed by atoms with E-state index in [0.29, 0.717) is 11.1 Å². The summed E-state index contributed by atoms with van der Waals surface area (Å²) in [6.07, 6.45) is -7.71. The lowest BCUT2D eigenvalue weighted by Gasteiger charge is -2.24. The van der Waals surface area contributed by atoms with Crippen LogP contribution in [0.4, 0.5) is 18.0 Å². The van der Waals surface area contributed by atoms with Crippen molar-refractivity contribution >= 4 is 23.9 Å². The van der Waals surface area contributed by atoms with E-state index in [2.05, 4.69) is 5.32 Å². The van der Waals surface area contributed by atoms with Gasteiger partial charge in [0.1, 0.15) is 19.3 Å². The summed E-state index contributed by atoms with van der Waals surface area (Å²) in [4.78, 5) is 49.9. The number of hydrogen-bond acceptors (Lipinski definition) is 8. The monoisotopic (exact) mass is 630 g/mol. The van der Waals surface area contributed by atoms with Gasteiger partial charge in [0.05, 0.1) is 19.3 Å². The molecule has 1 unspecified atom stereocenters. The molecule has 2 amide bonds. The lowest BCUT2D eigenvalue weighted by molar-refractivity contribution is -0.176. The second-order valence-corrected chi connectivity index (χ2v) is 9.76. The van der Waals surface area contributed by atoms with E-state index < -0.39 is 61.3 Å². The lowest BCUT2D eigenvalue weighted by atomic mass is 10.1. The lowest BCUT2D eigenvalue weighted by Crippen LogP contribution is -2.50. The number of carbonyl (C=O) groups is 4. The second-order valence-electron chi connectivity index (χ2n) is 9.76. The predicted octanol–water partition coefficient (Wildman–Crippen LogP) is 4.61. The molecular weight excluding hydrogens is 597 g/mol. The standard InChI is InChI=1S/C32H33F3N2O8/c1-22(43-19-23-11-5-2-6-12-23)27(37-31(41)45-21-25-15-9-4-10-16-25)29(39)42-18-17-26(36-30(40)32(33,34)35)28(38)44-20-24-13-7-3-8-14-24/h2-16,22,26-27H,17-21H2,1H3,(H,36,40)(H,37,41)/t22?,26-,27-/m0/s1. The molecule has 240 valence electrons. The van der Waals surface area contributed by atoms with E-state index in [4.69, 9.17) is 18.9 Å². The fourth-order valence-corrected chi connectivity index (χ4v) is 3.84. The number of alkyl halides is 3. The number of hydrogen-bond donors (Lipinski definition) is 2. The Hall–Kier alpha value is -4.91. The van der Waals surface area contributed by atoms with Crippen molar-refractivity contribution in [1.29, 1.82) is 0 Å². The number of esters is 2. The number of benzene rings is 3. The predicted molar refractivity (Wildman–Crippen MR) is 154 cm³/mol. The van der Waals surface area contributed by atoms with Crippen LogP contribution < -0.4 is 10.6 Å². The van der Waals surface area contributed by atoms with Gasteiger partial charge in [0.15, 0.2) is 6.04 Å². The summed E-state index contributed by atoms with van der Waals surface area (Å²) in [5, 5.41) is 3.98. The van der Waals surface area contributed by atoms with Crippen LogP contribution in [0.1, 0.15) is 30.0 Å². The van der Waals surface area contributed by atoms with E-state index in [1.54, 1.807) is 90.2 Å². The molecule has 3 aromatic carbocycles. The van der Waals surface area contributed by atoms with E-state index in [1.807, 2.05) is 6.07 Å². The number of alkyl carbamates (subject to hydrolysis) is 1. The highest BCUT2D eigenvalue weighted by Gasteiger charge is 2.41. The van der Waals surface area contributed by atoms with Crippen molar-refractivity contribution < 1.29 is 51.3 Å². The van der Waals surface area contributed by atoms with Crippen LogP contribution in [0.5, 0.6) is 0 Å². The van der Waals surface area contributed by atoms with Crippen molar-refractivity contribution in [3.8, 4) is 0 Å². The van der Waals surface area contributed by atoms with Crippen molar-refractivity contribution in [3.63, 3.8) is 0 Å². The van der Waals surface area contributed by atoms with Crippen LogP contribution in [0.2, 0.25) is 0 Å². The third kappa shape index (κ3) is 12.3. The molecule has 0 aliphatic carbocycles. The largest absolute Gasteiger partial charge is 0.471 e. The second kappa shape index (κ2) is 17.4. The minimum Gasteiger partial charge on any atom is -0.464 e. The summed E-state index contributed by atoms with van der Waals surface area (Å²) in [5.74, 6) is -4.53. The zero-order valence-corrected chi connectivity index (χ0v) is 24.3. The minimum atomic E-state index is -5.27. The van der Waals surface area contributed by atoms with Crippen molar-refractivity contribution in [1.82, 2.24) is 10.6 Å². The fraction of sp³-hybridized carbons (Fsp3) is 0.312. The SMILES string of the molecule is CC(OCc1ccccc1)[C@H](NC(=O)OCc1ccccc1)C(=O)OCC[C@H](NC(=O)C(F)(F)F)C(=O)OCc1ccccc1. The maximum Gasteiger partial charge on any atom is 0.471 e. The quantitative estimate of drug-likeness (QED) is 0.184. The van der Waals surface area contributed by atoms with E-state index in [1.165, 1.54) is 6.92 Å². The molecule has 0 saturated carbocycles. The van der Waals surface area contributed by atoms with Gasteiger partial charge in [0, 0.05) is 6.42 Å². The molecule has 13 heteroatoms. The Morgan fingerprint density at radius 3 is 1.67 bits per heavy atom. The van der Waals surface area contributed by atoms with Gasteiger partial charge in [-0.2, -0.15) is 13.2 Å². The summed E-state index contributed by atoms with van der Waals surface area (Å²) in [7, 11) is 0. The van der Waals surface area contributed by atoms with Gasteiger partial charge in [-0.1, -0.05) is 91.0 Å². The van der Waals surface area contributed by atoms with Crippen LogP contribution in [-0.2, 0) is 53.2 Å². The van der Waals surface area contributed by atoms with E-state index >= 15 is 0 Å². The number of halogens is 3. The average molecular weight is 631 g/mol. The Morgan fingerprint density at radius 2 is 1.16 bits per heavy atom. The minimum absolute atomic E-state index is 0.0840. The number of amides is 2. The zero-order valence-electron chi connectivity index (χ0n) is 24.3. The van der Waals surface area contributed by atoms with Crippen molar-refractivity contribution in [2.75, 3.05) is 6.61 Å². The molecule has 3 atom stereocenters. The number of rotatable bonds is 15. The van der Waals surface area contributed by atoms with Crippen LogP contribution in [-0.4, -0.2) is 54.9 Å². The summed E-state index contributed by atoms with van der Waals surface area (Å²) >= 11 is 0. The summed E-state index contributed by atoms with van der Waals surface area (Å²) in [6, 6.07) is 23.0. The summed E-state index contributed by atoms with van der Waals surface area (Å²) in [6.45, 7) is 0.653. The summed E-state index contributed by atoms with van der Waals surface area (Å²) in [5.41, 5.74) is 2.06. The Balaban J connectivity index is 1.64. The van der Waals surface area contributed by atoms with Gasteiger partial charge in [-0.3, -0.25) is 4.79 Å². The molecule has 0 aromatic heterocycles. The van der Waals surface area contributed by atoms with Gasteiger partial charge in [-0.25, -0.2) is 14.4 Å². The molecule has 0 radical (unpaired) electrons. The van der Waals surface area contributed by atoms with Gasteiger partial charge in [-0.05, 0) is 23.6 Å². The topological polar surface area (TPSA) is 129 Å². The summed E-state index contributed by atoms with van der Waals surface area (Å²) < 4.78 is 60.1. The van der Waals surface area contributed by atoms with Gasteiger partial charge in [0.25, 0.3) is 0 Å². The molecule has 45 heavy (non-hydrogen) atoms. The molecule has 0 fully saturated rings. The van der Waals surface area contributed by atoms with E-state index in [-0.39, 0.29) is 19.8 Å². The van der Waals surface area contributed by atoms with Gasteiger partial charge < -0.3 is 29.6 Å². The first kappa shape index (κ1) is 34.6. The van der Waals surface area contributed by atoms with E-state index in [0.717, 1.165) is 5.56 Å². The number of carbonyl (C=O) groups excluding carboxylic acids is 4. The molecule has 0 spiro atoms. The smallest absolute Gasteiger partial charge is 0.464 e. The first-order valence-corrected chi connectivity index (χ1v) is 13.9. The van der Waals surface area contributed by atoms with Gasteiger partial charge in [-0.15, -0.1) is 0 Å². The fourth-order valence-electron chi connectivity index (χ4n) is 3.84. The maximum absolute atomic E-state index is 13.1. The normalized spacial score (nSPS) is 13.1. The van der Waals surface area contributed by atoms with Crippen LogP contribution in [0, 0.1) is 0 Å². The van der Waals surface area contributed by atoms with E-state index in [9.17, 15) is 32.3 Å². The van der Waals surface area contributed by atoms with Crippen LogP contribution in [0.15, 0.2) is 91.0 Å². The maximum atomic E-state index is 13.1. The Kier molecular flexibility index (Phi) is 13.4. The Labute approximate surface area is 257 Å². The molecule has 3 aromatic rings. The average Bonchev–Trinajstić information content (AvgIpc) is 3.04. The molecular formula is C32H33F3N2O8. The van der Waals surface area contributed by atoms with Crippen molar-refractivity contribution in [3.05, 3.63) is 108 Å². The molecule has 0 saturated heterocycles. The van der Waals surface area contributed by atoms with Crippen molar-refractivity contribution in [2.45, 2.75) is 57.5 Å². The molecule has 0 heterocycles. The van der Waals surface area contributed by atoms with Gasteiger partial charge in [0.2, 0.25) is 0 Å². The zero-order chi connectivity index (χ0) is 32.7. The first-order chi connectivity index (χ1) is 21.5. The van der Waals surface area contributed by atoms with Crippen LogP contribution in [0.3, 0.4) is 0 Å². The van der Waals surface area contributed by atoms with Crippen LogP contribution in [0.25, 0.3) is 0 Å². The first-order valence-electron chi connectivity index (χ1n) is 13.9. The third-order valence-corrected chi connectivity index (χ3v) is 6.29. The molecule has 0 bridgehead atoms. The molecule has 3 rings (SSSR count). The molecule has 10 nitrogen and oxygen atoms in total. The molecule has 0 aliphatic rings. The Bertz CT molecular complexity index is 1380. The van der Waals surface area contributed by atoms with Crippen LogP contribution >= 0.6 is 0 Å². The van der Waals surface area contributed by atoms with Gasteiger partial charge >= 0.3 is 30.1 Å². The highest BCUT2D eigenvalue weighted by molar-refractivity contribution is 5.87. The number of nitrogens with one attached hydrogen (secondary N) is 2. The third-order valence-electron chi connectivity index (χ3n) is 6.29. The highest BCUT2D eigenvalue weighted by Crippen LogP contribution is 2.16.